The Bertz CT molecular complexity index is 686. The summed E-state index contributed by atoms with van der Waals surface area (Å²) in [5, 5.41) is 25.8. The number of hydrogen-bond donors (Lipinski definition) is 3. The SMILES string of the molecule is O=C(O)C1=CN=C(C(=O)O)CSC1Cc1cc2n(n1)CCNC2. The number of hydrogen-bond acceptors (Lipinski definition) is 6. The van der Waals surface area contributed by atoms with Gasteiger partial charge in [-0.3, -0.25) is 9.67 Å². The first-order valence-electron chi connectivity index (χ1n) is 7.16. The maximum atomic E-state index is 11.4. The standard InChI is InChI=1S/C14H16N4O4S/c19-13(20)10-6-16-11(14(21)22)7-23-12(10)4-8-3-9-5-15-1-2-18(9)17-8/h3,6,12,15H,1-2,4-5,7H2,(H,19,20)(H,21,22). The van der Waals surface area contributed by atoms with Crippen molar-refractivity contribution in [2.45, 2.75) is 24.8 Å². The zero-order valence-corrected chi connectivity index (χ0v) is 13.0. The summed E-state index contributed by atoms with van der Waals surface area (Å²) in [7, 11) is 0. The van der Waals surface area contributed by atoms with E-state index in [2.05, 4.69) is 15.4 Å². The molecule has 2 aliphatic heterocycles. The van der Waals surface area contributed by atoms with Crippen molar-refractivity contribution in [1.82, 2.24) is 15.1 Å². The van der Waals surface area contributed by atoms with Crippen molar-refractivity contribution in [3.63, 3.8) is 0 Å². The Kier molecular flexibility index (Phi) is 4.49. The van der Waals surface area contributed by atoms with Crippen molar-refractivity contribution >= 4 is 29.4 Å². The number of aliphatic carboxylic acids is 2. The maximum absolute atomic E-state index is 11.4. The van der Waals surface area contributed by atoms with Crippen LogP contribution in [0.15, 0.2) is 22.8 Å². The first-order chi connectivity index (χ1) is 11.0. The van der Waals surface area contributed by atoms with Gasteiger partial charge in [-0.1, -0.05) is 0 Å². The third-order valence-corrected chi connectivity index (χ3v) is 5.00. The zero-order chi connectivity index (χ0) is 16.4. The third kappa shape index (κ3) is 3.45. The van der Waals surface area contributed by atoms with E-state index in [9.17, 15) is 14.7 Å². The van der Waals surface area contributed by atoms with Crippen LogP contribution in [0.1, 0.15) is 11.4 Å². The highest BCUT2D eigenvalue weighted by Crippen LogP contribution is 2.27. The third-order valence-electron chi connectivity index (χ3n) is 3.74. The summed E-state index contributed by atoms with van der Waals surface area (Å²) in [6, 6.07) is 1.97. The summed E-state index contributed by atoms with van der Waals surface area (Å²) < 4.78 is 1.93. The van der Waals surface area contributed by atoms with Crippen molar-refractivity contribution in [2.75, 3.05) is 12.3 Å². The molecule has 3 rings (SSSR count). The highest BCUT2D eigenvalue weighted by Gasteiger charge is 2.27. The molecule has 0 aliphatic carbocycles. The number of nitrogens with one attached hydrogen (secondary N) is 1. The minimum absolute atomic E-state index is 0.0374. The van der Waals surface area contributed by atoms with Crippen molar-refractivity contribution in [2.24, 2.45) is 4.99 Å². The first-order valence-corrected chi connectivity index (χ1v) is 8.20. The van der Waals surface area contributed by atoms with Crippen LogP contribution in [-0.2, 0) is 29.1 Å². The molecular weight excluding hydrogens is 320 g/mol. The molecule has 0 fully saturated rings. The van der Waals surface area contributed by atoms with Crippen molar-refractivity contribution in [1.29, 1.82) is 0 Å². The monoisotopic (exact) mass is 336 g/mol. The topological polar surface area (TPSA) is 117 Å². The van der Waals surface area contributed by atoms with Gasteiger partial charge in [0.2, 0.25) is 0 Å². The molecule has 23 heavy (non-hydrogen) atoms. The van der Waals surface area contributed by atoms with E-state index in [0.717, 1.165) is 37.2 Å². The fourth-order valence-electron chi connectivity index (χ4n) is 2.56. The number of carboxylic acid groups (broad SMARTS) is 2. The van der Waals surface area contributed by atoms with E-state index in [-0.39, 0.29) is 22.3 Å². The van der Waals surface area contributed by atoms with E-state index in [0.29, 0.717) is 6.42 Å². The van der Waals surface area contributed by atoms with Gasteiger partial charge in [-0.15, -0.1) is 11.8 Å². The van der Waals surface area contributed by atoms with Gasteiger partial charge in [0.15, 0.2) is 0 Å². The second-order valence-corrected chi connectivity index (χ2v) is 6.49. The highest BCUT2D eigenvalue weighted by molar-refractivity contribution is 8.00. The average molecular weight is 336 g/mol. The summed E-state index contributed by atoms with van der Waals surface area (Å²) in [6.07, 6.45) is 1.60. The Morgan fingerprint density at radius 2 is 2.22 bits per heavy atom. The molecule has 9 heteroatoms. The van der Waals surface area contributed by atoms with E-state index < -0.39 is 11.9 Å². The van der Waals surface area contributed by atoms with Crippen LogP contribution in [0.5, 0.6) is 0 Å². The van der Waals surface area contributed by atoms with Gasteiger partial charge in [-0.05, 0) is 6.07 Å². The second kappa shape index (κ2) is 6.55. The van der Waals surface area contributed by atoms with Gasteiger partial charge >= 0.3 is 11.9 Å². The Labute approximate surface area is 136 Å². The molecule has 0 saturated carbocycles. The van der Waals surface area contributed by atoms with Crippen LogP contribution in [0.2, 0.25) is 0 Å². The lowest BCUT2D eigenvalue weighted by Gasteiger charge is -2.14. The van der Waals surface area contributed by atoms with Gasteiger partial charge in [0, 0.05) is 36.7 Å². The highest BCUT2D eigenvalue weighted by atomic mass is 32.2. The summed E-state index contributed by atoms with van der Waals surface area (Å²) in [5.74, 6) is -2.03. The molecule has 1 atom stereocenters. The van der Waals surface area contributed by atoms with E-state index >= 15 is 0 Å². The average Bonchev–Trinajstić information content (AvgIpc) is 2.78. The lowest BCUT2D eigenvalue weighted by Crippen LogP contribution is -2.28. The summed E-state index contributed by atoms with van der Waals surface area (Å²) >= 11 is 1.27. The minimum atomic E-state index is -1.12. The molecule has 8 nitrogen and oxygen atoms in total. The van der Waals surface area contributed by atoms with E-state index in [1.807, 2.05) is 10.7 Å². The van der Waals surface area contributed by atoms with E-state index in [4.69, 9.17) is 5.11 Å². The second-order valence-electron chi connectivity index (χ2n) is 5.30. The molecule has 3 heterocycles. The van der Waals surface area contributed by atoms with Crippen LogP contribution in [0.25, 0.3) is 0 Å². The Morgan fingerprint density at radius 1 is 1.39 bits per heavy atom. The molecule has 1 unspecified atom stereocenters. The van der Waals surface area contributed by atoms with Crippen LogP contribution in [0, 0.1) is 0 Å². The predicted octanol–water partition coefficient (Wildman–Crippen LogP) is 0.138. The van der Waals surface area contributed by atoms with Gasteiger partial charge in [-0.25, -0.2) is 9.59 Å². The molecular formula is C14H16N4O4S. The van der Waals surface area contributed by atoms with Crippen LogP contribution in [0.4, 0.5) is 0 Å². The summed E-state index contributed by atoms with van der Waals surface area (Å²) in [6.45, 7) is 2.40. The molecule has 122 valence electrons. The lowest BCUT2D eigenvalue weighted by molar-refractivity contribution is -0.133. The maximum Gasteiger partial charge on any atom is 0.351 e. The number of aliphatic imine (C=N–C) groups is 1. The van der Waals surface area contributed by atoms with Crippen molar-refractivity contribution in [3.05, 3.63) is 29.2 Å². The number of carbonyl (C=O) groups is 2. The first kappa shape index (κ1) is 15.8. The number of rotatable bonds is 4. The van der Waals surface area contributed by atoms with Gasteiger partial charge < -0.3 is 15.5 Å². The van der Waals surface area contributed by atoms with Gasteiger partial charge in [0.1, 0.15) is 5.71 Å². The van der Waals surface area contributed by atoms with Crippen LogP contribution < -0.4 is 5.32 Å². The van der Waals surface area contributed by atoms with Crippen LogP contribution in [-0.4, -0.2) is 55.2 Å². The molecule has 0 bridgehead atoms. The smallest absolute Gasteiger partial charge is 0.351 e. The molecule has 1 aromatic heterocycles. The summed E-state index contributed by atoms with van der Waals surface area (Å²) in [5.41, 5.74) is 1.96. The largest absolute Gasteiger partial charge is 0.478 e. The molecule has 0 aromatic carbocycles. The van der Waals surface area contributed by atoms with Crippen LogP contribution in [0.3, 0.4) is 0 Å². The Morgan fingerprint density at radius 3 is 2.91 bits per heavy atom. The van der Waals surface area contributed by atoms with Gasteiger partial charge in [0.25, 0.3) is 0 Å². The zero-order valence-electron chi connectivity index (χ0n) is 12.2. The normalized spacial score (nSPS) is 21.0. The van der Waals surface area contributed by atoms with Crippen molar-refractivity contribution < 1.29 is 19.8 Å². The Balaban J connectivity index is 1.80. The fraction of sp³-hybridized carbons (Fsp3) is 0.429. The van der Waals surface area contributed by atoms with Crippen LogP contribution >= 0.6 is 11.8 Å². The Hall–Kier alpha value is -2.13. The number of nitrogens with zero attached hydrogens (tertiary/aromatic N) is 3. The fourth-order valence-corrected chi connectivity index (χ4v) is 3.74. The van der Waals surface area contributed by atoms with E-state index in [1.165, 1.54) is 11.8 Å². The number of thioether (sulfide) groups is 1. The molecule has 0 radical (unpaired) electrons. The molecule has 1 aromatic rings. The van der Waals surface area contributed by atoms with Gasteiger partial charge in [-0.2, -0.15) is 5.10 Å². The number of fused-ring (bicyclic) bond motifs is 1. The van der Waals surface area contributed by atoms with Crippen molar-refractivity contribution in [3.8, 4) is 0 Å². The predicted molar refractivity (Wildman–Crippen MR) is 84.7 cm³/mol. The molecule has 3 N–H and O–H groups in total. The lowest BCUT2D eigenvalue weighted by atomic mass is 10.1. The minimum Gasteiger partial charge on any atom is -0.478 e. The number of aromatic nitrogens is 2. The molecule has 0 spiro atoms. The summed E-state index contributed by atoms with van der Waals surface area (Å²) in [4.78, 5) is 26.3. The van der Waals surface area contributed by atoms with Gasteiger partial charge in [0.05, 0.1) is 23.5 Å². The number of carboxylic acids is 2. The molecule has 0 amide bonds. The molecule has 2 aliphatic rings. The quantitative estimate of drug-likeness (QED) is 0.716. The van der Waals surface area contributed by atoms with E-state index in [1.54, 1.807) is 0 Å². The molecule has 0 saturated heterocycles.